The Bertz CT molecular complexity index is 699. The summed E-state index contributed by atoms with van der Waals surface area (Å²) in [6.45, 7) is 4.77. The van der Waals surface area contributed by atoms with Gasteiger partial charge in [0.2, 0.25) is 0 Å². The molecule has 1 aliphatic heterocycles. The smallest absolute Gasteiger partial charge is 0.191 e. The topological polar surface area (TPSA) is 68.3 Å². The molecule has 6 nitrogen and oxygen atoms in total. The molecule has 0 bridgehead atoms. The highest BCUT2D eigenvalue weighted by atomic mass is 127. The molecule has 1 saturated heterocycles. The van der Waals surface area contributed by atoms with Gasteiger partial charge in [-0.25, -0.2) is 0 Å². The zero-order chi connectivity index (χ0) is 16.9. The monoisotopic (exact) mass is 518 g/mol. The number of halogens is 2. The highest BCUT2D eigenvalue weighted by Gasteiger charge is 2.23. The molecule has 0 radical (unpaired) electrons. The zero-order valence-corrected chi connectivity index (χ0v) is 18.3. The van der Waals surface area contributed by atoms with Gasteiger partial charge in [0.25, 0.3) is 0 Å². The Hall–Kier alpha value is -1.29. The molecule has 2 heterocycles. The van der Waals surface area contributed by atoms with Crippen LogP contribution in [0.1, 0.15) is 17.7 Å². The maximum atomic E-state index is 4.33. The van der Waals surface area contributed by atoms with Crippen LogP contribution >= 0.6 is 39.9 Å². The van der Waals surface area contributed by atoms with Crippen LogP contribution in [0.3, 0.4) is 0 Å². The number of H-pyrrole nitrogens is 1. The number of aryl methyl sites for hydroxylation is 1. The Balaban J connectivity index is 0.00000225. The van der Waals surface area contributed by atoms with Gasteiger partial charge in [-0.15, -0.1) is 24.0 Å². The highest BCUT2D eigenvalue weighted by molar-refractivity contribution is 14.0. The molecule has 8 heteroatoms. The molecule has 3 N–H and O–H groups in total. The second-order valence-electron chi connectivity index (χ2n) is 6.00. The molecule has 136 valence electrons. The number of hydrogen-bond acceptors (Lipinski definition) is 3. The second kappa shape index (κ2) is 9.42. The van der Waals surface area contributed by atoms with Gasteiger partial charge < -0.3 is 15.5 Å². The number of rotatable bonds is 4. The van der Waals surface area contributed by atoms with E-state index in [0.717, 1.165) is 41.2 Å². The number of hydrogen-bond donors (Lipinski definition) is 3. The minimum atomic E-state index is 0. The SMILES string of the molecule is CN=C(NCc1cn[nH]c1C)NC1CCN(c2ccc(Br)cc2)C1.I. The summed E-state index contributed by atoms with van der Waals surface area (Å²) in [5.41, 5.74) is 3.50. The van der Waals surface area contributed by atoms with Crippen molar-refractivity contribution < 1.29 is 0 Å². The molecule has 0 amide bonds. The van der Waals surface area contributed by atoms with Gasteiger partial charge in [0.15, 0.2) is 5.96 Å². The fourth-order valence-corrected chi connectivity index (χ4v) is 3.15. The Morgan fingerprint density at radius 2 is 2.16 bits per heavy atom. The number of anilines is 1. The van der Waals surface area contributed by atoms with E-state index in [9.17, 15) is 0 Å². The van der Waals surface area contributed by atoms with Crippen LogP contribution < -0.4 is 15.5 Å². The molecule has 3 rings (SSSR count). The van der Waals surface area contributed by atoms with Crippen LogP contribution in [0.5, 0.6) is 0 Å². The van der Waals surface area contributed by atoms with Gasteiger partial charge in [-0.3, -0.25) is 10.1 Å². The second-order valence-corrected chi connectivity index (χ2v) is 6.91. The summed E-state index contributed by atoms with van der Waals surface area (Å²) in [5.74, 6) is 0.832. The molecule has 1 unspecified atom stereocenters. The Labute approximate surface area is 174 Å². The van der Waals surface area contributed by atoms with Gasteiger partial charge in [-0.1, -0.05) is 15.9 Å². The van der Waals surface area contributed by atoms with Crippen molar-refractivity contribution in [2.24, 2.45) is 4.99 Å². The highest BCUT2D eigenvalue weighted by Crippen LogP contribution is 2.22. The van der Waals surface area contributed by atoms with Crippen LogP contribution in [0.25, 0.3) is 0 Å². The summed E-state index contributed by atoms with van der Waals surface area (Å²) in [6.07, 6.45) is 2.95. The predicted octanol–water partition coefficient (Wildman–Crippen LogP) is 3.04. The largest absolute Gasteiger partial charge is 0.369 e. The van der Waals surface area contributed by atoms with Crippen LogP contribution in [0.4, 0.5) is 5.69 Å². The van der Waals surface area contributed by atoms with Crippen molar-refractivity contribution >= 4 is 51.6 Å². The first-order chi connectivity index (χ1) is 11.7. The van der Waals surface area contributed by atoms with E-state index in [1.807, 2.05) is 13.1 Å². The number of aromatic amines is 1. The summed E-state index contributed by atoms with van der Waals surface area (Å²) in [7, 11) is 1.80. The minimum absolute atomic E-state index is 0. The third-order valence-corrected chi connectivity index (χ3v) is 4.85. The first kappa shape index (κ1) is 20.0. The molecule has 1 fully saturated rings. The average molecular weight is 519 g/mol. The summed E-state index contributed by atoms with van der Waals surface area (Å²) in [5, 5.41) is 13.9. The van der Waals surface area contributed by atoms with Crippen molar-refractivity contribution in [2.75, 3.05) is 25.0 Å². The van der Waals surface area contributed by atoms with Gasteiger partial charge in [0.05, 0.1) is 6.20 Å². The number of nitrogens with one attached hydrogen (secondary N) is 3. The standard InChI is InChI=1S/C17H23BrN6.HI/c1-12-13(10-21-23-12)9-20-17(19-2)22-15-7-8-24(11-15)16-5-3-14(18)4-6-16;/h3-6,10,15H,7-9,11H2,1-2H3,(H,21,23)(H2,19,20,22);1H. The summed E-state index contributed by atoms with van der Waals surface area (Å²) in [4.78, 5) is 6.73. The molecule has 1 aromatic carbocycles. The number of guanidine groups is 1. The summed E-state index contributed by atoms with van der Waals surface area (Å²) >= 11 is 3.49. The first-order valence-corrected chi connectivity index (χ1v) is 8.91. The van der Waals surface area contributed by atoms with Crippen molar-refractivity contribution in [1.29, 1.82) is 0 Å². The van der Waals surface area contributed by atoms with Gasteiger partial charge in [0.1, 0.15) is 0 Å². The summed E-state index contributed by atoms with van der Waals surface area (Å²) in [6, 6.07) is 8.88. The van der Waals surface area contributed by atoms with Crippen molar-refractivity contribution in [1.82, 2.24) is 20.8 Å². The van der Waals surface area contributed by atoms with E-state index in [1.165, 1.54) is 5.69 Å². The molecular weight excluding hydrogens is 495 g/mol. The van der Waals surface area contributed by atoms with E-state index in [1.54, 1.807) is 7.05 Å². The average Bonchev–Trinajstić information content (AvgIpc) is 3.21. The van der Waals surface area contributed by atoms with E-state index in [4.69, 9.17) is 0 Å². The van der Waals surface area contributed by atoms with E-state index in [2.05, 4.69) is 70.9 Å². The van der Waals surface area contributed by atoms with Crippen LogP contribution in [0.15, 0.2) is 39.9 Å². The maximum Gasteiger partial charge on any atom is 0.191 e. The maximum absolute atomic E-state index is 4.33. The van der Waals surface area contributed by atoms with Crippen molar-refractivity contribution in [3.05, 3.63) is 46.2 Å². The molecule has 1 aromatic heterocycles. The molecule has 25 heavy (non-hydrogen) atoms. The predicted molar refractivity (Wildman–Crippen MR) is 117 cm³/mol. The number of aromatic nitrogens is 2. The Morgan fingerprint density at radius 3 is 2.80 bits per heavy atom. The lowest BCUT2D eigenvalue weighted by molar-refractivity contribution is 0.648. The first-order valence-electron chi connectivity index (χ1n) is 8.12. The number of benzene rings is 1. The van der Waals surface area contributed by atoms with E-state index in [-0.39, 0.29) is 24.0 Å². The van der Waals surface area contributed by atoms with Gasteiger partial charge in [-0.2, -0.15) is 5.10 Å². The van der Waals surface area contributed by atoms with Crippen LogP contribution in [-0.2, 0) is 6.54 Å². The zero-order valence-electron chi connectivity index (χ0n) is 14.4. The molecular formula is C17H24BrIN6. The quantitative estimate of drug-likeness (QED) is 0.330. The lowest BCUT2D eigenvalue weighted by atomic mass is 10.2. The van der Waals surface area contributed by atoms with Crippen molar-refractivity contribution in [3.8, 4) is 0 Å². The normalized spacial score (nSPS) is 17.3. The van der Waals surface area contributed by atoms with Crippen molar-refractivity contribution in [3.63, 3.8) is 0 Å². The molecule has 2 aromatic rings. The fraction of sp³-hybridized carbons (Fsp3) is 0.412. The van der Waals surface area contributed by atoms with E-state index < -0.39 is 0 Å². The third kappa shape index (κ3) is 5.34. The molecule has 0 saturated carbocycles. The number of aliphatic imine (C=N–C) groups is 1. The molecule has 0 aliphatic carbocycles. The van der Waals surface area contributed by atoms with Crippen LogP contribution in [0.2, 0.25) is 0 Å². The Kier molecular flexibility index (Phi) is 7.55. The summed E-state index contributed by atoms with van der Waals surface area (Å²) < 4.78 is 1.11. The Morgan fingerprint density at radius 1 is 1.40 bits per heavy atom. The lowest BCUT2D eigenvalue weighted by Crippen LogP contribution is -2.44. The minimum Gasteiger partial charge on any atom is -0.369 e. The third-order valence-electron chi connectivity index (χ3n) is 4.33. The van der Waals surface area contributed by atoms with Gasteiger partial charge >= 0.3 is 0 Å². The van der Waals surface area contributed by atoms with Crippen molar-refractivity contribution in [2.45, 2.75) is 25.9 Å². The number of nitrogens with zero attached hydrogens (tertiary/aromatic N) is 3. The molecule has 0 spiro atoms. The van der Waals surface area contributed by atoms with E-state index in [0.29, 0.717) is 12.6 Å². The van der Waals surface area contributed by atoms with Crippen LogP contribution in [0, 0.1) is 6.92 Å². The van der Waals surface area contributed by atoms with Gasteiger partial charge in [-0.05, 0) is 37.6 Å². The molecule has 1 atom stereocenters. The molecule has 1 aliphatic rings. The van der Waals surface area contributed by atoms with Gasteiger partial charge in [0, 0.05) is 54.1 Å². The van der Waals surface area contributed by atoms with Crippen LogP contribution in [-0.4, -0.2) is 42.3 Å². The van der Waals surface area contributed by atoms with E-state index >= 15 is 0 Å². The fourth-order valence-electron chi connectivity index (χ4n) is 2.89. The lowest BCUT2D eigenvalue weighted by Gasteiger charge is -2.20.